The maximum Gasteiger partial charge on any atom is 0.122 e. The van der Waals surface area contributed by atoms with Crippen LogP contribution in [0.4, 0.5) is 0 Å². The van der Waals surface area contributed by atoms with Gasteiger partial charge in [-0.05, 0) is 61.1 Å². The highest BCUT2D eigenvalue weighted by Gasteiger charge is 2.39. The van der Waals surface area contributed by atoms with Crippen LogP contribution in [-0.4, -0.2) is 43.9 Å². The zero-order chi connectivity index (χ0) is 17.4. The summed E-state index contributed by atoms with van der Waals surface area (Å²) in [7, 11) is 3.30. The molecule has 3 unspecified atom stereocenters. The minimum atomic E-state index is -0.785. The fourth-order valence-electron chi connectivity index (χ4n) is 4.91. The number of hydrogen-bond donors (Lipinski definition) is 1. The minimum absolute atomic E-state index is 0.735. The summed E-state index contributed by atoms with van der Waals surface area (Å²) in [5, 5.41) is 11.2. The lowest BCUT2D eigenvalue weighted by Crippen LogP contribution is -2.44. The third-order valence-corrected chi connectivity index (χ3v) is 6.48. The summed E-state index contributed by atoms with van der Waals surface area (Å²) in [5.41, 5.74) is 0.124. The van der Waals surface area contributed by atoms with E-state index in [1.165, 1.54) is 19.4 Å². The van der Waals surface area contributed by atoms with Crippen molar-refractivity contribution >= 4 is 0 Å². The molecule has 3 aliphatic rings. The first kappa shape index (κ1) is 16.9. The van der Waals surface area contributed by atoms with E-state index in [0.717, 1.165) is 60.7 Å². The van der Waals surface area contributed by atoms with Crippen LogP contribution in [-0.2, 0) is 5.60 Å². The van der Waals surface area contributed by atoms with Gasteiger partial charge in [0.1, 0.15) is 11.5 Å². The lowest BCUT2D eigenvalue weighted by atomic mass is 9.83. The van der Waals surface area contributed by atoms with E-state index in [1.54, 1.807) is 14.2 Å². The number of piperidine rings is 1. The van der Waals surface area contributed by atoms with Crippen molar-refractivity contribution < 1.29 is 14.6 Å². The molecule has 1 aliphatic heterocycles. The van der Waals surface area contributed by atoms with E-state index < -0.39 is 5.60 Å². The molecule has 0 amide bonds. The molecule has 0 radical (unpaired) electrons. The highest BCUT2D eigenvalue weighted by atomic mass is 16.5. The second-order valence-corrected chi connectivity index (χ2v) is 7.97. The average Bonchev–Trinajstić information content (AvgIpc) is 3.26. The summed E-state index contributed by atoms with van der Waals surface area (Å²) in [6.07, 6.45) is 9.09. The molecule has 1 N–H and O–H groups in total. The summed E-state index contributed by atoms with van der Waals surface area (Å²) >= 11 is 0. The van der Waals surface area contributed by atoms with Gasteiger partial charge in [0.15, 0.2) is 0 Å². The fraction of sp³-hybridized carbons (Fsp3) is 0.619. The number of rotatable bonds is 5. The van der Waals surface area contributed by atoms with Crippen molar-refractivity contribution in [3.8, 4) is 11.5 Å². The summed E-state index contributed by atoms with van der Waals surface area (Å²) in [6, 6.07) is 5.74. The monoisotopic (exact) mass is 343 g/mol. The Hall–Kier alpha value is -1.52. The number of ether oxygens (including phenoxy) is 2. The zero-order valence-electron chi connectivity index (χ0n) is 15.3. The molecule has 4 heteroatoms. The van der Waals surface area contributed by atoms with Gasteiger partial charge in [-0.1, -0.05) is 12.2 Å². The molecule has 4 rings (SSSR count). The second-order valence-electron chi connectivity index (χ2n) is 7.97. The third-order valence-electron chi connectivity index (χ3n) is 6.48. The second kappa shape index (κ2) is 6.65. The van der Waals surface area contributed by atoms with Gasteiger partial charge in [0.2, 0.25) is 0 Å². The van der Waals surface area contributed by atoms with Crippen LogP contribution in [0, 0.1) is 17.8 Å². The molecule has 4 nitrogen and oxygen atoms in total. The minimum Gasteiger partial charge on any atom is -0.497 e. The van der Waals surface area contributed by atoms with Crippen molar-refractivity contribution in [1.29, 1.82) is 0 Å². The van der Waals surface area contributed by atoms with Crippen molar-refractivity contribution in [3.05, 3.63) is 35.9 Å². The van der Waals surface area contributed by atoms with Gasteiger partial charge in [-0.25, -0.2) is 0 Å². The molecule has 1 aromatic carbocycles. The van der Waals surface area contributed by atoms with Crippen molar-refractivity contribution in [2.24, 2.45) is 17.8 Å². The largest absolute Gasteiger partial charge is 0.497 e. The predicted molar refractivity (Wildman–Crippen MR) is 98.0 cm³/mol. The Bertz CT molecular complexity index is 626. The molecule has 2 fully saturated rings. The van der Waals surface area contributed by atoms with Gasteiger partial charge in [-0.2, -0.15) is 0 Å². The van der Waals surface area contributed by atoms with Gasteiger partial charge in [0.25, 0.3) is 0 Å². The summed E-state index contributed by atoms with van der Waals surface area (Å²) < 4.78 is 10.7. The van der Waals surface area contributed by atoms with E-state index >= 15 is 0 Å². The Balaban J connectivity index is 1.41. The highest BCUT2D eigenvalue weighted by Crippen LogP contribution is 2.44. The van der Waals surface area contributed by atoms with Gasteiger partial charge in [0, 0.05) is 25.7 Å². The normalized spacial score (nSPS) is 30.6. The number of allylic oxidation sites excluding steroid dienone is 2. The standard InChI is InChI=1S/C21H29NO3/c1-24-19-11-18(12-20(13-19)25-2)21(23)5-7-22(8-6-21)14-17-10-15-3-4-16(17)9-15/h3-4,11-13,15-17,23H,5-10,14H2,1-2H3. The Morgan fingerprint density at radius 3 is 2.24 bits per heavy atom. The quantitative estimate of drug-likeness (QED) is 0.834. The summed E-state index contributed by atoms with van der Waals surface area (Å²) in [6.45, 7) is 3.09. The van der Waals surface area contributed by atoms with Gasteiger partial charge in [-0.3, -0.25) is 0 Å². The van der Waals surface area contributed by atoms with Crippen molar-refractivity contribution in [2.75, 3.05) is 33.9 Å². The Labute approximate surface area is 150 Å². The molecule has 2 bridgehead atoms. The molecule has 0 spiro atoms. The molecule has 1 aromatic rings. The first-order valence-electron chi connectivity index (χ1n) is 9.46. The molecule has 1 heterocycles. The zero-order valence-corrected chi connectivity index (χ0v) is 15.3. The summed E-state index contributed by atoms with van der Waals surface area (Å²) in [4.78, 5) is 2.55. The van der Waals surface area contributed by atoms with Gasteiger partial charge in [0.05, 0.1) is 19.8 Å². The van der Waals surface area contributed by atoms with Crippen molar-refractivity contribution in [3.63, 3.8) is 0 Å². The van der Waals surface area contributed by atoms with Crippen LogP contribution in [0.5, 0.6) is 11.5 Å². The maximum atomic E-state index is 11.2. The molecule has 1 saturated heterocycles. The lowest BCUT2D eigenvalue weighted by Gasteiger charge is -2.40. The molecule has 0 aromatic heterocycles. The van der Waals surface area contributed by atoms with E-state index in [1.807, 2.05) is 18.2 Å². The molecule has 3 atom stereocenters. The highest BCUT2D eigenvalue weighted by molar-refractivity contribution is 5.41. The first-order valence-corrected chi connectivity index (χ1v) is 9.46. The van der Waals surface area contributed by atoms with Gasteiger partial charge >= 0.3 is 0 Å². The van der Waals surface area contributed by atoms with Crippen LogP contribution in [0.25, 0.3) is 0 Å². The predicted octanol–water partition coefficient (Wildman–Crippen LogP) is 3.20. The Morgan fingerprint density at radius 1 is 1.04 bits per heavy atom. The van der Waals surface area contributed by atoms with E-state index in [-0.39, 0.29) is 0 Å². The lowest BCUT2D eigenvalue weighted by molar-refractivity contribution is -0.0297. The van der Waals surface area contributed by atoms with E-state index in [9.17, 15) is 5.11 Å². The number of methoxy groups -OCH3 is 2. The smallest absolute Gasteiger partial charge is 0.122 e. The molecular formula is C21H29NO3. The summed E-state index contributed by atoms with van der Waals surface area (Å²) in [5.74, 6) is 3.92. The number of nitrogens with zero attached hydrogens (tertiary/aromatic N) is 1. The molecular weight excluding hydrogens is 314 g/mol. The van der Waals surface area contributed by atoms with E-state index in [0.29, 0.717) is 0 Å². The van der Waals surface area contributed by atoms with E-state index in [4.69, 9.17) is 9.47 Å². The number of likely N-dealkylation sites (tertiary alicyclic amines) is 1. The van der Waals surface area contributed by atoms with Crippen LogP contribution in [0.1, 0.15) is 31.2 Å². The van der Waals surface area contributed by atoms with Crippen LogP contribution in [0.15, 0.2) is 30.4 Å². The molecule has 25 heavy (non-hydrogen) atoms. The number of benzene rings is 1. The molecule has 1 saturated carbocycles. The third kappa shape index (κ3) is 3.30. The molecule has 136 valence electrons. The number of aliphatic hydroxyl groups is 1. The topological polar surface area (TPSA) is 41.9 Å². The van der Waals surface area contributed by atoms with Crippen molar-refractivity contribution in [1.82, 2.24) is 4.90 Å². The van der Waals surface area contributed by atoms with Crippen LogP contribution >= 0.6 is 0 Å². The fourth-order valence-corrected chi connectivity index (χ4v) is 4.91. The Morgan fingerprint density at radius 2 is 1.72 bits per heavy atom. The Kier molecular flexibility index (Phi) is 4.50. The average molecular weight is 343 g/mol. The van der Waals surface area contributed by atoms with Crippen LogP contribution in [0.2, 0.25) is 0 Å². The molecule has 2 aliphatic carbocycles. The number of hydrogen-bond acceptors (Lipinski definition) is 4. The van der Waals surface area contributed by atoms with Crippen molar-refractivity contribution in [2.45, 2.75) is 31.3 Å². The van der Waals surface area contributed by atoms with Gasteiger partial charge in [-0.15, -0.1) is 0 Å². The van der Waals surface area contributed by atoms with Gasteiger partial charge < -0.3 is 19.5 Å². The van der Waals surface area contributed by atoms with E-state index in [2.05, 4.69) is 17.1 Å². The first-order chi connectivity index (χ1) is 12.1. The SMILES string of the molecule is COc1cc(OC)cc(C2(O)CCN(CC3CC4C=CC3C4)CC2)c1. The van der Waals surface area contributed by atoms with Crippen LogP contribution < -0.4 is 9.47 Å². The number of fused-ring (bicyclic) bond motifs is 2. The maximum absolute atomic E-state index is 11.2. The van der Waals surface area contributed by atoms with Crippen LogP contribution in [0.3, 0.4) is 0 Å².